The molecule has 0 unspecified atom stereocenters. The Hall–Kier alpha value is -3.05. The van der Waals surface area contributed by atoms with Crippen LogP contribution in [0.2, 0.25) is 0 Å². The van der Waals surface area contributed by atoms with Gasteiger partial charge in [-0.2, -0.15) is 0 Å². The van der Waals surface area contributed by atoms with Crippen LogP contribution in [0.25, 0.3) is 11.6 Å². The average Bonchev–Trinajstić information content (AvgIpc) is 3.25. The standard InChI is InChI=1S/C23H22O4S/c1-26-21-16-18(15-19(23(24)25)22-10-6-14-28-22)11-12-20(21)27-13-5-9-17-7-3-2-4-8-17/h2-4,6-8,10-12,14-16H,5,9,13H2,1H3,(H,24,25)/b19-15+. The molecule has 2 aromatic carbocycles. The number of carboxylic acids is 1. The molecule has 0 amide bonds. The lowest BCUT2D eigenvalue weighted by Gasteiger charge is -2.12. The Morgan fingerprint density at radius 2 is 1.89 bits per heavy atom. The van der Waals surface area contributed by atoms with Crippen LogP contribution in [0.5, 0.6) is 11.5 Å². The van der Waals surface area contributed by atoms with E-state index >= 15 is 0 Å². The van der Waals surface area contributed by atoms with Crippen molar-refractivity contribution in [1.29, 1.82) is 0 Å². The number of thiophene rings is 1. The molecule has 5 heteroatoms. The molecule has 0 spiro atoms. The van der Waals surface area contributed by atoms with Crippen molar-refractivity contribution in [2.45, 2.75) is 12.8 Å². The van der Waals surface area contributed by atoms with E-state index in [9.17, 15) is 9.90 Å². The molecule has 0 aliphatic heterocycles. The molecular weight excluding hydrogens is 372 g/mol. The smallest absolute Gasteiger partial charge is 0.337 e. The zero-order valence-corrected chi connectivity index (χ0v) is 16.4. The first-order valence-corrected chi connectivity index (χ1v) is 9.89. The molecule has 0 radical (unpaired) electrons. The van der Waals surface area contributed by atoms with Crippen LogP contribution < -0.4 is 9.47 Å². The first-order chi connectivity index (χ1) is 13.7. The van der Waals surface area contributed by atoms with Gasteiger partial charge in [-0.25, -0.2) is 4.79 Å². The van der Waals surface area contributed by atoms with Crippen LogP contribution in [0, 0.1) is 0 Å². The van der Waals surface area contributed by atoms with Crippen molar-refractivity contribution in [2.75, 3.05) is 13.7 Å². The third kappa shape index (κ3) is 5.24. The second kappa shape index (κ2) is 9.76. The van der Waals surface area contributed by atoms with Crippen molar-refractivity contribution < 1.29 is 19.4 Å². The normalized spacial score (nSPS) is 11.2. The van der Waals surface area contributed by atoms with E-state index in [2.05, 4.69) is 12.1 Å². The predicted octanol–water partition coefficient (Wildman–Crippen LogP) is 5.39. The Morgan fingerprint density at radius 1 is 1.07 bits per heavy atom. The lowest BCUT2D eigenvalue weighted by Crippen LogP contribution is -2.01. The number of hydrogen-bond acceptors (Lipinski definition) is 4. The zero-order chi connectivity index (χ0) is 19.8. The van der Waals surface area contributed by atoms with E-state index in [4.69, 9.17) is 9.47 Å². The Morgan fingerprint density at radius 3 is 2.57 bits per heavy atom. The van der Waals surface area contributed by atoms with Crippen LogP contribution in [-0.2, 0) is 11.2 Å². The van der Waals surface area contributed by atoms with Crippen LogP contribution in [0.15, 0.2) is 66.0 Å². The van der Waals surface area contributed by atoms with Crippen molar-refractivity contribution in [3.8, 4) is 11.5 Å². The van der Waals surface area contributed by atoms with E-state index < -0.39 is 5.97 Å². The third-order valence-electron chi connectivity index (χ3n) is 4.23. The first-order valence-electron chi connectivity index (χ1n) is 9.01. The van der Waals surface area contributed by atoms with Crippen LogP contribution in [0.3, 0.4) is 0 Å². The van der Waals surface area contributed by atoms with Gasteiger partial charge < -0.3 is 14.6 Å². The molecule has 4 nitrogen and oxygen atoms in total. The summed E-state index contributed by atoms with van der Waals surface area (Å²) in [6, 6.07) is 19.4. The average molecular weight is 394 g/mol. The molecule has 0 aliphatic rings. The van der Waals surface area contributed by atoms with Crippen molar-refractivity contribution >= 4 is 29.0 Å². The fraction of sp³-hybridized carbons (Fsp3) is 0.174. The lowest BCUT2D eigenvalue weighted by atomic mass is 10.1. The van der Waals surface area contributed by atoms with Gasteiger partial charge in [0.15, 0.2) is 11.5 Å². The summed E-state index contributed by atoms with van der Waals surface area (Å²) in [4.78, 5) is 12.3. The molecule has 28 heavy (non-hydrogen) atoms. The van der Waals surface area contributed by atoms with E-state index in [0.717, 1.165) is 18.4 Å². The molecule has 0 fully saturated rings. The van der Waals surface area contributed by atoms with Gasteiger partial charge >= 0.3 is 5.97 Å². The third-order valence-corrected chi connectivity index (χ3v) is 5.13. The highest BCUT2D eigenvalue weighted by Gasteiger charge is 2.12. The van der Waals surface area contributed by atoms with Gasteiger partial charge in [-0.15, -0.1) is 11.3 Å². The maximum Gasteiger partial charge on any atom is 0.337 e. The van der Waals surface area contributed by atoms with Gasteiger partial charge in [0.1, 0.15) is 0 Å². The minimum Gasteiger partial charge on any atom is -0.493 e. The molecule has 0 saturated carbocycles. The molecule has 1 aromatic heterocycles. The fourth-order valence-electron chi connectivity index (χ4n) is 2.83. The number of carboxylic acid groups (broad SMARTS) is 1. The van der Waals surface area contributed by atoms with Gasteiger partial charge in [0.2, 0.25) is 0 Å². The van der Waals surface area contributed by atoms with E-state index in [1.807, 2.05) is 41.8 Å². The lowest BCUT2D eigenvalue weighted by molar-refractivity contribution is -0.130. The second-order valence-electron chi connectivity index (χ2n) is 6.19. The number of methoxy groups -OCH3 is 1. The predicted molar refractivity (Wildman–Crippen MR) is 113 cm³/mol. The van der Waals surface area contributed by atoms with Crippen molar-refractivity contribution in [3.05, 3.63) is 82.0 Å². The number of carbonyl (C=O) groups is 1. The Labute approximate surface area is 168 Å². The summed E-state index contributed by atoms with van der Waals surface area (Å²) in [6.07, 6.45) is 3.50. The van der Waals surface area contributed by atoms with Gasteiger partial charge in [0.25, 0.3) is 0 Å². The summed E-state index contributed by atoms with van der Waals surface area (Å²) in [5.41, 5.74) is 2.29. The van der Waals surface area contributed by atoms with Gasteiger partial charge in [0.05, 0.1) is 19.3 Å². The van der Waals surface area contributed by atoms with Crippen molar-refractivity contribution in [2.24, 2.45) is 0 Å². The SMILES string of the molecule is COc1cc(/C=C(/C(=O)O)c2cccs2)ccc1OCCCc1ccccc1. The van der Waals surface area contributed by atoms with Gasteiger partial charge in [0, 0.05) is 4.88 Å². The number of benzene rings is 2. The molecule has 0 aliphatic carbocycles. The second-order valence-corrected chi connectivity index (χ2v) is 7.14. The number of aliphatic carboxylic acids is 1. The molecule has 0 bridgehead atoms. The van der Waals surface area contributed by atoms with E-state index in [0.29, 0.717) is 23.0 Å². The monoisotopic (exact) mass is 394 g/mol. The van der Waals surface area contributed by atoms with Crippen LogP contribution in [0.1, 0.15) is 22.4 Å². The highest BCUT2D eigenvalue weighted by Crippen LogP contribution is 2.31. The fourth-order valence-corrected chi connectivity index (χ4v) is 3.57. The van der Waals surface area contributed by atoms with Crippen LogP contribution >= 0.6 is 11.3 Å². The zero-order valence-electron chi connectivity index (χ0n) is 15.6. The number of aryl methyl sites for hydroxylation is 1. The van der Waals surface area contributed by atoms with Gasteiger partial charge in [-0.1, -0.05) is 42.5 Å². The molecule has 1 heterocycles. The Balaban J connectivity index is 1.68. The largest absolute Gasteiger partial charge is 0.493 e. The van der Waals surface area contributed by atoms with E-state index in [1.165, 1.54) is 16.9 Å². The summed E-state index contributed by atoms with van der Waals surface area (Å²) >= 11 is 1.40. The van der Waals surface area contributed by atoms with Gasteiger partial charge in [-0.05, 0) is 53.6 Å². The quantitative estimate of drug-likeness (QED) is 0.390. The minimum absolute atomic E-state index is 0.258. The maximum atomic E-state index is 11.6. The molecular formula is C23H22O4S. The molecule has 3 rings (SSSR count). The van der Waals surface area contributed by atoms with Crippen molar-refractivity contribution in [3.63, 3.8) is 0 Å². The van der Waals surface area contributed by atoms with Crippen LogP contribution in [0.4, 0.5) is 0 Å². The maximum absolute atomic E-state index is 11.6. The highest BCUT2D eigenvalue weighted by atomic mass is 32.1. The van der Waals surface area contributed by atoms with Gasteiger partial charge in [-0.3, -0.25) is 0 Å². The summed E-state index contributed by atoms with van der Waals surface area (Å²) in [7, 11) is 1.58. The number of hydrogen-bond donors (Lipinski definition) is 1. The summed E-state index contributed by atoms with van der Waals surface area (Å²) in [6.45, 7) is 0.579. The molecule has 0 saturated heterocycles. The number of rotatable bonds is 9. The summed E-state index contributed by atoms with van der Waals surface area (Å²) in [5, 5.41) is 11.4. The minimum atomic E-state index is -0.956. The summed E-state index contributed by atoms with van der Waals surface area (Å²) < 4.78 is 11.3. The number of ether oxygens (including phenoxy) is 2. The molecule has 144 valence electrons. The molecule has 0 atom stereocenters. The van der Waals surface area contributed by atoms with E-state index in [-0.39, 0.29) is 5.57 Å². The topological polar surface area (TPSA) is 55.8 Å². The molecule has 1 N–H and O–H groups in total. The Kier molecular flexibility index (Phi) is 6.87. The highest BCUT2D eigenvalue weighted by molar-refractivity contribution is 7.11. The molecule has 3 aromatic rings. The van der Waals surface area contributed by atoms with Crippen molar-refractivity contribution in [1.82, 2.24) is 0 Å². The summed E-state index contributed by atoms with van der Waals surface area (Å²) in [5.74, 6) is 0.285. The first kappa shape index (κ1) is 19.7. The van der Waals surface area contributed by atoms with E-state index in [1.54, 1.807) is 25.3 Å². The Bertz CT molecular complexity index is 931. The van der Waals surface area contributed by atoms with Crippen LogP contribution in [-0.4, -0.2) is 24.8 Å².